The van der Waals surface area contributed by atoms with Gasteiger partial charge in [0.25, 0.3) is 0 Å². The molecule has 0 aromatic carbocycles. The highest BCUT2D eigenvalue weighted by Crippen LogP contribution is 2.23. The van der Waals surface area contributed by atoms with Gasteiger partial charge < -0.3 is 9.73 Å². The highest BCUT2D eigenvalue weighted by Gasteiger charge is 2.22. The second-order valence-corrected chi connectivity index (χ2v) is 5.03. The maximum Gasteiger partial charge on any atom is 0.223 e. The molecule has 1 unspecified atom stereocenters. The van der Waals surface area contributed by atoms with Gasteiger partial charge in [-0.05, 0) is 31.9 Å². The van der Waals surface area contributed by atoms with Crippen molar-refractivity contribution in [2.75, 3.05) is 0 Å². The molecule has 1 aromatic rings. The van der Waals surface area contributed by atoms with E-state index >= 15 is 0 Å². The van der Waals surface area contributed by atoms with Crippen LogP contribution in [0.15, 0.2) is 22.8 Å². The minimum atomic E-state index is 0.149. The molecule has 3 nitrogen and oxygen atoms in total. The predicted molar refractivity (Wildman–Crippen MR) is 66.6 cm³/mol. The van der Waals surface area contributed by atoms with E-state index in [0.717, 1.165) is 25.0 Å². The van der Waals surface area contributed by atoms with Gasteiger partial charge in [-0.2, -0.15) is 0 Å². The zero-order valence-electron chi connectivity index (χ0n) is 10.4. The third-order valence-electron chi connectivity index (χ3n) is 3.45. The first kappa shape index (κ1) is 12.2. The fourth-order valence-corrected chi connectivity index (χ4v) is 2.51. The van der Waals surface area contributed by atoms with E-state index in [2.05, 4.69) is 5.32 Å². The molecule has 1 aliphatic carbocycles. The minimum absolute atomic E-state index is 0.149. The van der Waals surface area contributed by atoms with Crippen LogP contribution in [0.3, 0.4) is 0 Å². The first-order chi connectivity index (χ1) is 8.25. The number of rotatable bonds is 4. The molecule has 0 saturated heterocycles. The van der Waals surface area contributed by atoms with E-state index < -0.39 is 0 Å². The van der Waals surface area contributed by atoms with Crippen molar-refractivity contribution < 1.29 is 9.21 Å². The van der Waals surface area contributed by atoms with Gasteiger partial charge in [0.2, 0.25) is 5.91 Å². The molecule has 0 bridgehead atoms. The Kier molecular flexibility index (Phi) is 4.24. The Morgan fingerprint density at radius 3 is 2.88 bits per heavy atom. The Bertz CT molecular complexity index is 339. The van der Waals surface area contributed by atoms with Gasteiger partial charge in [-0.3, -0.25) is 4.79 Å². The fourth-order valence-electron chi connectivity index (χ4n) is 2.51. The number of carbonyl (C=O) groups is 1. The van der Waals surface area contributed by atoms with Crippen molar-refractivity contribution in [3.8, 4) is 0 Å². The lowest BCUT2D eigenvalue weighted by Gasteiger charge is -2.22. The lowest BCUT2D eigenvalue weighted by Crippen LogP contribution is -2.39. The van der Waals surface area contributed by atoms with Crippen LogP contribution >= 0.6 is 0 Å². The first-order valence-corrected chi connectivity index (χ1v) is 6.58. The summed E-state index contributed by atoms with van der Waals surface area (Å²) in [5, 5.41) is 3.09. The summed E-state index contributed by atoms with van der Waals surface area (Å²) in [5.41, 5.74) is 0. The summed E-state index contributed by atoms with van der Waals surface area (Å²) < 4.78 is 5.28. The van der Waals surface area contributed by atoms with Gasteiger partial charge in [-0.1, -0.05) is 19.3 Å². The zero-order chi connectivity index (χ0) is 12.1. The molecule has 1 N–H and O–H groups in total. The van der Waals surface area contributed by atoms with Crippen molar-refractivity contribution in [2.45, 2.75) is 51.5 Å². The van der Waals surface area contributed by atoms with Crippen molar-refractivity contribution in [1.29, 1.82) is 0 Å². The molecule has 1 amide bonds. The van der Waals surface area contributed by atoms with E-state index in [0.29, 0.717) is 0 Å². The monoisotopic (exact) mass is 235 g/mol. The van der Waals surface area contributed by atoms with Crippen molar-refractivity contribution in [3.63, 3.8) is 0 Å². The average molecular weight is 235 g/mol. The molecule has 1 fully saturated rings. The minimum Gasteiger partial charge on any atom is -0.469 e. The summed E-state index contributed by atoms with van der Waals surface area (Å²) in [5.74, 6) is 1.40. The molecule has 17 heavy (non-hydrogen) atoms. The summed E-state index contributed by atoms with van der Waals surface area (Å²) in [6, 6.07) is 3.98. The molecule has 0 spiro atoms. The van der Waals surface area contributed by atoms with E-state index in [1.165, 1.54) is 19.3 Å². The fraction of sp³-hybridized carbons (Fsp3) is 0.643. The Balaban J connectivity index is 1.77. The Hall–Kier alpha value is -1.25. The molecule has 1 heterocycles. The number of amides is 1. The van der Waals surface area contributed by atoms with Gasteiger partial charge in [0.05, 0.1) is 6.26 Å². The van der Waals surface area contributed by atoms with Crippen LogP contribution < -0.4 is 5.32 Å². The largest absolute Gasteiger partial charge is 0.469 e. The Morgan fingerprint density at radius 2 is 2.24 bits per heavy atom. The van der Waals surface area contributed by atoms with Gasteiger partial charge in [-0.25, -0.2) is 0 Å². The molecule has 2 rings (SSSR count). The SMILES string of the molecule is CC(Cc1ccco1)NC(=O)C1CCCCC1. The highest BCUT2D eigenvalue weighted by atomic mass is 16.3. The van der Waals surface area contributed by atoms with Crippen molar-refractivity contribution >= 4 is 5.91 Å². The summed E-state index contributed by atoms with van der Waals surface area (Å²) in [6.45, 7) is 2.03. The molecule has 0 radical (unpaired) electrons. The van der Waals surface area contributed by atoms with Gasteiger partial charge >= 0.3 is 0 Å². The van der Waals surface area contributed by atoms with E-state index in [-0.39, 0.29) is 17.9 Å². The number of nitrogens with one attached hydrogen (secondary N) is 1. The van der Waals surface area contributed by atoms with Crippen LogP contribution in [-0.4, -0.2) is 11.9 Å². The standard InChI is InChI=1S/C14H21NO2/c1-11(10-13-8-5-9-17-13)15-14(16)12-6-3-2-4-7-12/h5,8-9,11-12H,2-4,6-7,10H2,1H3,(H,15,16). The van der Waals surface area contributed by atoms with Crippen LogP contribution in [0, 0.1) is 5.92 Å². The van der Waals surface area contributed by atoms with Gasteiger partial charge in [0.1, 0.15) is 5.76 Å². The summed E-state index contributed by atoms with van der Waals surface area (Å²) in [4.78, 5) is 12.0. The molecule has 3 heteroatoms. The van der Waals surface area contributed by atoms with Gasteiger partial charge in [0.15, 0.2) is 0 Å². The van der Waals surface area contributed by atoms with Crippen molar-refractivity contribution in [1.82, 2.24) is 5.32 Å². The second-order valence-electron chi connectivity index (χ2n) is 5.03. The molecular formula is C14H21NO2. The van der Waals surface area contributed by atoms with Gasteiger partial charge in [-0.15, -0.1) is 0 Å². The molecular weight excluding hydrogens is 214 g/mol. The Labute approximate surface area is 103 Å². The van der Waals surface area contributed by atoms with Crippen molar-refractivity contribution in [3.05, 3.63) is 24.2 Å². The van der Waals surface area contributed by atoms with Crippen LogP contribution in [0.5, 0.6) is 0 Å². The van der Waals surface area contributed by atoms with E-state index in [1.807, 2.05) is 19.1 Å². The van der Waals surface area contributed by atoms with Gasteiger partial charge in [0, 0.05) is 18.4 Å². The first-order valence-electron chi connectivity index (χ1n) is 6.58. The molecule has 1 saturated carbocycles. The van der Waals surface area contributed by atoms with Crippen LogP contribution in [0.2, 0.25) is 0 Å². The molecule has 0 aliphatic heterocycles. The topological polar surface area (TPSA) is 42.2 Å². The average Bonchev–Trinajstić information content (AvgIpc) is 2.82. The lowest BCUT2D eigenvalue weighted by molar-refractivity contribution is -0.126. The predicted octanol–water partition coefficient (Wildman–Crippen LogP) is 2.91. The maximum atomic E-state index is 12.0. The van der Waals surface area contributed by atoms with Crippen LogP contribution in [0.25, 0.3) is 0 Å². The maximum absolute atomic E-state index is 12.0. The normalized spacial score (nSPS) is 18.9. The summed E-state index contributed by atoms with van der Waals surface area (Å²) in [7, 11) is 0. The van der Waals surface area contributed by atoms with E-state index in [1.54, 1.807) is 6.26 Å². The summed E-state index contributed by atoms with van der Waals surface area (Å²) >= 11 is 0. The molecule has 1 aromatic heterocycles. The quantitative estimate of drug-likeness (QED) is 0.872. The number of hydrogen-bond acceptors (Lipinski definition) is 2. The number of carbonyl (C=O) groups excluding carboxylic acids is 1. The zero-order valence-corrected chi connectivity index (χ0v) is 10.4. The smallest absolute Gasteiger partial charge is 0.223 e. The highest BCUT2D eigenvalue weighted by molar-refractivity contribution is 5.78. The third-order valence-corrected chi connectivity index (χ3v) is 3.45. The summed E-state index contributed by atoms with van der Waals surface area (Å²) in [6.07, 6.45) is 8.23. The second kappa shape index (κ2) is 5.89. The van der Waals surface area contributed by atoms with E-state index in [9.17, 15) is 4.79 Å². The lowest BCUT2D eigenvalue weighted by atomic mass is 9.88. The van der Waals surface area contributed by atoms with E-state index in [4.69, 9.17) is 4.42 Å². The number of furan rings is 1. The van der Waals surface area contributed by atoms with Crippen LogP contribution in [-0.2, 0) is 11.2 Å². The molecule has 94 valence electrons. The molecule has 1 atom stereocenters. The third kappa shape index (κ3) is 3.62. The van der Waals surface area contributed by atoms with Crippen LogP contribution in [0.1, 0.15) is 44.8 Å². The van der Waals surface area contributed by atoms with Crippen LogP contribution in [0.4, 0.5) is 0 Å². The van der Waals surface area contributed by atoms with Crippen molar-refractivity contribution in [2.24, 2.45) is 5.92 Å². The molecule has 1 aliphatic rings. The Morgan fingerprint density at radius 1 is 1.47 bits per heavy atom. The number of hydrogen-bond donors (Lipinski definition) is 1.